The lowest BCUT2D eigenvalue weighted by molar-refractivity contribution is -0.135. The van der Waals surface area contributed by atoms with E-state index in [0.29, 0.717) is 17.8 Å². The van der Waals surface area contributed by atoms with Crippen LogP contribution in [0, 0.1) is 11.3 Å². The zero-order chi connectivity index (χ0) is 12.8. The highest BCUT2D eigenvalue weighted by Crippen LogP contribution is 2.24. The second-order valence-corrected chi connectivity index (χ2v) is 4.50. The molecule has 0 radical (unpaired) electrons. The summed E-state index contributed by atoms with van der Waals surface area (Å²) in [5.74, 6) is -0.898. The smallest absolute Gasteiger partial charge is 0.323 e. The minimum absolute atomic E-state index is 0.0931. The molecule has 0 unspecified atom stereocenters. The number of anilines is 1. The number of hydrogen-bond acceptors (Lipinski definition) is 3. The van der Waals surface area contributed by atoms with Crippen LogP contribution in [0.3, 0.4) is 0 Å². The highest BCUT2D eigenvalue weighted by molar-refractivity contribution is 9.10. The van der Waals surface area contributed by atoms with Crippen molar-refractivity contribution in [2.24, 2.45) is 0 Å². The first-order valence-electron chi connectivity index (χ1n) is 5.25. The molecule has 0 aliphatic carbocycles. The molecule has 1 aromatic rings. The Hall–Kier alpha value is -1.54. The van der Waals surface area contributed by atoms with E-state index in [1.165, 1.54) is 0 Å². The van der Waals surface area contributed by atoms with Gasteiger partial charge in [0, 0.05) is 11.0 Å². The van der Waals surface area contributed by atoms with Gasteiger partial charge in [-0.2, -0.15) is 5.26 Å². The van der Waals surface area contributed by atoms with E-state index in [9.17, 15) is 4.79 Å². The van der Waals surface area contributed by atoms with Crippen LogP contribution in [0.15, 0.2) is 22.7 Å². The molecule has 0 aliphatic heterocycles. The van der Waals surface area contributed by atoms with Crippen molar-refractivity contribution in [2.75, 3.05) is 18.0 Å². The van der Waals surface area contributed by atoms with Crippen LogP contribution in [0.25, 0.3) is 0 Å². The molecule has 0 atom stereocenters. The van der Waals surface area contributed by atoms with Crippen LogP contribution in [-0.2, 0) is 4.79 Å². The van der Waals surface area contributed by atoms with Crippen LogP contribution in [0.1, 0.15) is 18.9 Å². The quantitative estimate of drug-likeness (QED) is 0.907. The molecular formula is C12H13BrN2O2. The first kappa shape index (κ1) is 13.5. The summed E-state index contributed by atoms with van der Waals surface area (Å²) in [4.78, 5) is 12.5. The van der Waals surface area contributed by atoms with Crippen LogP contribution in [0.4, 0.5) is 5.69 Å². The number of aliphatic carboxylic acids is 1. The monoisotopic (exact) mass is 296 g/mol. The fraction of sp³-hybridized carbons (Fsp3) is 0.333. The number of carboxylic acids is 1. The Labute approximate surface area is 109 Å². The van der Waals surface area contributed by atoms with E-state index in [4.69, 9.17) is 10.4 Å². The van der Waals surface area contributed by atoms with Gasteiger partial charge in [0.2, 0.25) is 0 Å². The molecule has 0 fully saturated rings. The number of carboxylic acid groups (broad SMARTS) is 1. The van der Waals surface area contributed by atoms with Gasteiger partial charge in [-0.3, -0.25) is 4.79 Å². The van der Waals surface area contributed by atoms with Gasteiger partial charge in [-0.1, -0.05) is 22.9 Å². The van der Waals surface area contributed by atoms with Crippen LogP contribution < -0.4 is 4.90 Å². The first-order valence-corrected chi connectivity index (χ1v) is 6.04. The molecule has 0 saturated heterocycles. The predicted octanol–water partition coefficient (Wildman–Crippen LogP) is 2.62. The van der Waals surface area contributed by atoms with Crippen molar-refractivity contribution in [3.05, 3.63) is 28.2 Å². The van der Waals surface area contributed by atoms with Crippen molar-refractivity contribution in [3.8, 4) is 6.07 Å². The van der Waals surface area contributed by atoms with Gasteiger partial charge in [0.1, 0.15) is 12.6 Å². The molecule has 0 heterocycles. The molecule has 0 aromatic heterocycles. The molecule has 5 heteroatoms. The minimum Gasteiger partial charge on any atom is -0.480 e. The van der Waals surface area contributed by atoms with Crippen molar-refractivity contribution < 1.29 is 9.90 Å². The Morgan fingerprint density at radius 3 is 2.82 bits per heavy atom. The number of nitrogens with zero attached hydrogens (tertiary/aromatic N) is 2. The third-order valence-electron chi connectivity index (χ3n) is 2.24. The number of hydrogen-bond donors (Lipinski definition) is 1. The molecule has 1 aromatic carbocycles. The summed E-state index contributed by atoms with van der Waals surface area (Å²) in [6, 6.07) is 7.35. The Kier molecular flexibility index (Phi) is 4.98. The molecule has 0 amide bonds. The van der Waals surface area contributed by atoms with E-state index in [2.05, 4.69) is 22.0 Å². The molecule has 4 nitrogen and oxygen atoms in total. The zero-order valence-corrected chi connectivity index (χ0v) is 11.1. The minimum atomic E-state index is -0.898. The number of halogens is 1. The summed E-state index contributed by atoms with van der Waals surface area (Å²) in [7, 11) is 0. The highest BCUT2D eigenvalue weighted by atomic mass is 79.9. The fourth-order valence-electron chi connectivity index (χ4n) is 1.59. The molecule has 1 rings (SSSR count). The SMILES string of the molecule is CCCN(CC(=O)O)c1ccc(Br)cc1C#N. The second-order valence-electron chi connectivity index (χ2n) is 3.59. The fourth-order valence-corrected chi connectivity index (χ4v) is 1.95. The van der Waals surface area contributed by atoms with Crippen molar-refractivity contribution in [3.63, 3.8) is 0 Å². The molecular weight excluding hydrogens is 284 g/mol. The topological polar surface area (TPSA) is 64.3 Å². The average molecular weight is 297 g/mol. The second kappa shape index (κ2) is 6.26. The van der Waals surface area contributed by atoms with Crippen LogP contribution in [0.2, 0.25) is 0 Å². The third kappa shape index (κ3) is 3.75. The lowest BCUT2D eigenvalue weighted by Gasteiger charge is -2.23. The highest BCUT2D eigenvalue weighted by Gasteiger charge is 2.13. The van der Waals surface area contributed by atoms with Crippen molar-refractivity contribution >= 4 is 27.6 Å². The molecule has 0 saturated carbocycles. The van der Waals surface area contributed by atoms with Gasteiger partial charge < -0.3 is 10.0 Å². The van der Waals surface area contributed by atoms with Crippen LogP contribution >= 0.6 is 15.9 Å². The van der Waals surface area contributed by atoms with E-state index in [1.54, 1.807) is 23.1 Å². The Morgan fingerprint density at radius 2 is 2.29 bits per heavy atom. The number of carbonyl (C=O) groups is 1. The molecule has 0 aliphatic rings. The maximum absolute atomic E-state index is 10.8. The standard InChI is InChI=1S/C12H13BrN2O2/c1-2-5-15(8-12(16)17)11-4-3-10(13)6-9(11)7-14/h3-4,6H,2,5,8H2,1H3,(H,16,17). The maximum atomic E-state index is 10.8. The van der Waals surface area contributed by atoms with E-state index in [1.807, 2.05) is 6.92 Å². The third-order valence-corrected chi connectivity index (χ3v) is 2.73. The zero-order valence-electron chi connectivity index (χ0n) is 9.48. The van der Waals surface area contributed by atoms with Gasteiger partial charge in [0.15, 0.2) is 0 Å². The van der Waals surface area contributed by atoms with Gasteiger partial charge in [0.05, 0.1) is 11.3 Å². The number of rotatable bonds is 5. The van der Waals surface area contributed by atoms with E-state index in [0.717, 1.165) is 10.9 Å². The predicted molar refractivity (Wildman–Crippen MR) is 69.0 cm³/mol. The number of benzene rings is 1. The summed E-state index contributed by atoms with van der Waals surface area (Å²) in [5.41, 5.74) is 1.15. The van der Waals surface area contributed by atoms with E-state index in [-0.39, 0.29) is 6.54 Å². The molecule has 0 bridgehead atoms. The molecule has 17 heavy (non-hydrogen) atoms. The summed E-state index contributed by atoms with van der Waals surface area (Å²) in [5, 5.41) is 17.9. The lowest BCUT2D eigenvalue weighted by atomic mass is 10.1. The van der Waals surface area contributed by atoms with Crippen molar-refractivity contribution in [1.82, 2.24) is 0 Å². The van der Waals surface area contributed by atoms with Gasteiger partial charge in [-0.05, 0) is 24.6 Å². The number of nitriles is 1. The van der Waals surface area contributed by atoms with Gasteiger partial charge >= 0.3 is 5.97 Å². The van der Waals surface area contributed by atoms with Crippen molar-refractivity contribution in [1.29, 1.82) is 5.26 Å². The average Bonchev–Trinajstić information content (AvgIpc) is 2.27. The largest absolute Gasteiger partial charge is 0.480 e. The summed E-state index contributed by atoms with van der Waals surface area (Å²) < 4.78 is 0.810. The van der Waals surface area contributed by atoms with Crippen LogP contribution in [-0.4, -0.2) is 24.2 Å². The molecule has 90 valence electrons. The summed E-state index contributed by atoms with van der Waals surface area (Å²) in [6.07, 6.45) is 0.828. The Bertz CT molecular complexity index is 454. The van der Waals surface area contributed by atoms with Crippen LogP contribution in [0.5, 0.6) is 0 Å². The first-order chi connectivity index (χ1) is 8.08. The maximum Gasteiger partial charge on any atom is 0.323 e. The summed E-state index contributed by atoms with van der Waals surface area (Å²) in [6.45, 7) is 2.49. The Morgan fingerprint density at radius 1 is 1.59 bits per heavy atom. The summed E-state index contributed by atoms with van der Waals surface area (Å²) >= 11 is 3.29. The van der Waals surface area contributed by atoms with Gasteiger partial charge in [0.25, 0.3) is 0 Å². The van der Waals surface area contributed by atoms with E-state index < -0.39 is 5.97 Å². The molecule has 1 N–H and O–H groups in total. The lowest BCUT2D eigenvalue weighted by Crippen LogP contribution is -2.30. The normalized spacial score (nSPS) is 9.71. The van der Waals surface area contributed by atoms with E-state index >= 15 is 0 Å². The van der Waals surface area contributed by atoms with Gasteiger partial charge in [-0.15, -0.1) is 0 Å². The van der Waals surface area contributed by atoms with Crippen molar-refractivity contribution in [2.45, 2.75) is 13.3 Å². The molecule has 0 spiro atoms. The van der Waals surface area contributed by atoms with Gasteiger partial charge in [-0.25, -0.2) is 0 Å². The Balaban J connectivity index is 3.09.